The van der Waals surface area contributed by atoms with E-state index in [4.69, 9.17) is 5.73 Å². The number of hydrogen-bond donors (Lipinski definition) is 1. The van der Waals surface area contributed by atoms with Crippen LogP contribution < -0.4 is 5.73 Å². The van der Waals surface area contributed by atoms with Gasteiger partial charge in [-0.2, -0.15) is 0 Å². The Hall–Kier alpha value is -0.570. The first-order valence-electron chi connectivity index (χ1n) is 6.73. The average molecular weight is 226 g/mol. The van der Waals surface area contributed by atoms with Gasteiger partial charge < -0.3 is 10.6 Å². The molecular weight excluding hydrogens is 200 g/mol. The van der Waals surface area contributed by atoms with Crippen LogP contribution in [-0.4, -0.2) is 29.9 Å². The first-order valence-corrected chi connectivity index (χ1v) is 6.73. The second-order valence-electron chi connectivity index (χ2n) is 4.93. The monoisotopic (exact) mass is 226 g/mol. The summed E-state index contributed by atoms with van der Waals surface area (Å²) in [7, 11) is 0. The molecule has 1 aliphatic rings. The number of nitrogens with zero attached hydrogens (tertiary/aromatic N) is 1. The van der Waals surface area contributed by atoms with Gasteiger partial charge in [0, 0.05) is 13.1 Å². The van der Waals surface area contributed by atoms with Crippen LogP contribution in [0.5, 0.6) is 0 Å². The summed E-state index contributed by atoms with van der Waals surface area (Å²) in [6.45, 7) is 6.13. The van der Waals surface area contributed by atoms with Crippen LogP contribution in [0.15, 0.2) is 0 Å². The minimum atomic E-state index is -0.275. The highest BCUT2D eigenvalue weighted by molar-refractivity contribution is 5.81. The van der Waals surface area contributed by atoms with Crippen LogP contribution in [-0.2, 0) is 4.79 Å². The van der Waals surface area contributed by atoms with E-state index in [0.717, 1.165) is 44.7 Å². The predicted molar refractivity (Wildman–Crippen MR) is 67.1 cm³/mol. The molecule has 16 heavy (non-hydrogen) atoms. The number of amides is 1. The zero-order chi connectivity index (χ0) is 12.0. The van der Waals surface area contributed by atoms with Gasteiger partial charge in [0.05, 0.1) is 6.04 Å². The van der Waals surface area contributed by atoms with Gasteiger partial charge in [-0.1, -0.05) is 26.7 Å². The molecule has 1 fully saturated rings. The summed E-state index contributed by atoms with van der Waals surface area (Å²) < 4.78 is 0. The fourth-order valence-corrected chi connectivity index (χ4v) is 2.46. The van der Waals surface area contributed by atoms with E-state index in [1.165, 1.54) is 12.8 Å². The Kier molecular flexibility index (Phi) is 5.81. The lowest BCUT2D eigenvalue weighted by molar-refractivity contribution is -0.132. The normalized spacial score (nSPS) is 23.9. The van der Waals surface area contributed by atoms with Gasteiger partial charge in [-0.05, 0) is 31.6 Å². The maximum Gasteiger partial charge on any atom is 0.239 e. The Labute approximate surface area is 99.4 Å². The van der Waals surface area contributed by atoms with Crippen molar-refractivity contribution in [2.24, 2.45) is 11.7 Å². The third kappa shape index (κ3) is 3.78. The minimum absolute atomic E-state index is 0.165. The molecular formula is C13H26N2O. The Morgan fingerprint density at radius 3 is 2.75 bits per heavy atom. The molecule has 2 N–H and O–H groups in total. The van der Waals surface area contributed by atoms with Crippen LogP contribution in [0.25, 0.3) is 0 Å². The molecule has 0 aliphatic carbocycles. The van der Waals surface area contributed by atoms with E-state index in [0.29, 0.717) is 0 Å². The first-order chi connectivity index (χ1) is 7.69. The summed E-state index contributed by atoms with van der Waals surface area (Å²) in [5.41, 5.74) is 5.89. The second kappa shape index (κ2) is 6.89. The van der Waals surface area contributed by atoms with Gasteiger partial charge >= 0.3 is 0 Å². The lowest BCUT2D eigenvalue weighted by Gasteiger charge is -2.24. The van der Waals surface area contributed by atoms with Crippen molar-refractivity contribution in [3.63, 3.8) is 0 Å². The molecule has 0 saturated carbocycles. The van der Waals surface area contributed by atoms with E-state index < -0.39 is 0 Å². The third-order valence-electron chi connectivity index (χ3n) is 3.65. The van der Waals surface area contributed by atoms with E-state index in [2.05, 4.69) is 13.8 Å². The molecule has 1 saturated heterocycles. The Morgan fingerprint density at radius 2 is 2.12 bits per heavy atom. The van der Waals surface area contributed by atoms with Crippen LogP contribution in [0.4, 0.5) is 0 Å². The summed E-state index contributed by atoms with van der Waals surface area (Å²) in [4.78, 5) is 14.0. The van der Waals surface area contributed by atoms with Crippen molar-refractivity contribution in [3.8, 4) is 0 Å². The number of carbonyl (C=O) groups is 1. The third-order valence-corrected chi connectivity index (χ3v) is 3.65. The number of nitrogens with two attached hydrogens (primary N) is 1. The van der Waals surface area contributed by atoms with Crippen LogP contribution >= 0.6 is 0 Å². The molecule has 3 nitrogen and oxygen atoms in total. The summed E-state index contributed by atoms with van der Waals surface area (Å²) >= 11 is 0. The van der Waals surface area contributed by atoms with Gasteiger partial charge in [0.25, 0.3) is 0 Å². The number of carbonyl (C=O) groups excluding carboxylic acids is 1. The van der Waals surface area contributed by atoms with Crippen molar-refractivity contribution in [2.75, 3.05) is 13.1 Å². The average Bonchev–Trinajstić information content (AvgIpc) is 2.53. The lowest BCUT2D eigenvalue weighted by Crippen LogP contribution is -2.44. The van der Waals surface area contributed by atoms with Crippen molar-refractivity contribution >= 4 is 5.91 Å². The van der Waals surface area contributed by atoms with Gasteiger partial charge in [0.2, 0.25) is 5.91 Å². The molecule has 0 aromatic carbocycles. The van der Waals surface area contributed by atoms with E-state index >= 15 is 0 Å². The van der Waals surface area contributed by atoms with Gasteiger partial charge in [0.1, 0.15) is 0 Å². The standard InChI is InChI=1S/C13H26N2O/c1-3-6-12(14)13(16)15-9-5-7-11(4-2)8-10-15/h11-12H,3-10,14H2,1-2H3/t11?,12-/m1/s1. The largest absolute Gasteiger partial charge is 0.341 e. The molecule has 1 amide bonds. The fourth-order valence-electron chi connectivity index (χ4n) is 2.46. The first kappa shape index (κ1) is 13.5. The Bertz CT molecular complexity index is 218. The van der Waals surface area contributed by atoms with E-state index in [1.54, 1.807) is 0 Å². The van der Waals surface area contributed by atoms with Crippen LogP contribution in [0.2, 0.25) is 0 Å². The van der Waals surface area contributed by atoms with E-state index in [9.17, 15) is 4.79 Å². The highest BCUT2D eigenvalue weighted by atomic mass is 16.2. The molecule has 0 aromatic rings. The van der Waals surface area contributed by atoms with Crippen molar-refractivity contribution in [3.05, 3.63) is 0 Å². The maximum absolute atomic E-state index is 12.0. The van der Waals surface area contributed by atoms with Crippen molar-refractivity contribution in [2.45, 2.75) is 58.4 Å². The molecule has 1 heterocycles. The molecule has 1 aliphatic heterocycles. The van der Waals surface area contributed by atoms with Crippen molar-refractivity contribution in [1.82, 2.24) is 4.90 Å². The van der Waals surface area contributed by atoms with E-state index in [1.807, 2.05) is 4.90 Å². The summed E-state index contributed by atoms with van der Waals surface area (Å²) in [6.07, 6.45) is 6.60. The molecule has 0 spiro atoms. The minimum Gasteiger partial charge on any atom is -0.341 e. The molecule has 94 valence electrons. The van der Waals surface area contributed by atoms with Crippen LogP contribution in [0.1, 0.15) is 52.4 Å². The van der Waals surface area contributed by atoms with Crippen LogP contribution in [0, 0.1) is 5.92 Å². The SMILES string of the molecule is CCC[C@@H](N)C(=O)N1CCCC(CC)CC1. The van der Waals surface area contributed by atoms with Crippen molar-refractivity contribution < 1.29 is 4.79 Å². The summed E-state index contributed by atoms with van der Waals surface area (Å²) in [5, 5.41) is 0. The van der Waals surface area contributed by atoms with Gasteiger partial charge in [0.15, 0.2) is 0 Å². The topological polar surface area (TPSA) is 46.3 Å². The molecule has 2 atom stereocenters. The van der Waals surface area contributed by atoms with Gasteiger partial charge in [-0.3, -0.25) is 4.79 Å². The molecule has 1 rings (SSSR count). The van der Waals surface area contributed by atoms with Crippen LogP contribution in [0.3, 0.4) is 0 Å². The maximum atomic E-state index is 12.0. The predicted octanol–water partition coefficient (Wildman–Crippen LogP) is 2.15. The Morgan fingerprint density at radius 1 is 1.38 bits per heavy atom. The molecule has 1 unspecified atom stereocenters. The number of rotatable bonds is 4. The lowest BCUT2D eigenvalue weighted by atomic mass is 9.98. The molecule has 0 aromatic heterocycles. The fraction of sp³-hybridized carbons (Fsp3) is 0.923. The second-order valence-corrected chi connectivity index (χ2v) is 4.93. The van der Waals surface area contributed by atoms with E-state index in [-0.39, 0.29) is 11.9 Å². The van der Waals surface area contributed by atoms with Gasteiger partial charge in [-0.25, -0.2) is 0 Å². The highest BCUT2D eigenvalue weighted by Crippen LogP contribution is 2.20. The molecule has 0 bridgehead atoms. The molecule has 3 heteroatoms. The zero-order valence-corrected chi connectivity index (χ0v) is 10.7. The number of hydrogen-bond acceptors (Lipinski definition) is 2. The highest BCUT2D eigenvalue weighted by Gasteiger charge is 2.23. The smallest absolute Gasteiger partial charge is 0.239 e. The van der Waals surface area contributed by atoms with Crippen molar-refractivity contribution in [1.29, 1.82) is 0 Å². The quantitative estimate of drug-likeness (QED) is 0.798. The van der Waals surface area contributed by atoms with Gasteiger partial charge in [-0.15, -0.1) is 0 Å². The molecule has 0 radical (unpaired) electrons. The zero-order valence-electron chi connectivity index (χ0n) is 10.7. The number of likely N-dealkylation sites (tertiary alicyclic amines) is 1. The summed E-state index contributed by atoms with van der Waals surface area (Å²) in [5.74, 6) is 0.971. The Balaban J connectivity index is 2.44. The summed E-state index contributed by atoms with van der Waals surface area (Å²) in [6, 6.07) is -0.275.